The summed E-state index contributed by atoms with van der Waals surface area (Å²) in [5.74, 6) is -0.779. The van der Waals surface area contributed by atoms with Gasteiger partial charge in [0, 0.05) is 6.08 Å². The Bertz CT molecular complexity index is 840. The Morgan fingerprint density at radius 2 is 2.17 bits per heavy atom. The summed E-state index contributed by atoms with van der Waals surface area (Å²) in [4.78, 5) is 25.6. The van der Waals surface area contributed by atoms with Crippen LogP contribution in [0.25, 0.3) is 6.08 Å². The maximum Gasteiger partial charge on any atom is 0.336 e. The van der Waals surface area contributed by atoms with Gasteiger partial charge in [0.1, 0.15) is 5.76 Å². The fourth-order valence-electron chi connectivity index (χ4n) is 2.17. The average Bonchev–Trinajstić information content (AvgIpc) is 3.09. The van der Waals surface area contributed by atoms with Gasteiger partial charge in [-0.2, -0.15) is 0 Å². The number of anilines is 1. The number of thioether (sulfide) groups is 1. The van der Waals surface area contributed by atoms with Gasteiger partial charge in [0.05, 0.1) is 22.4 Å². The van der Waals surface area contributed by atoms with Crippen molar-refractivity contribution in [2.24, 2.45) is 0 Å². The first-order chi connectivity index (χ1) is 11.0. The molecule has 7 heteroatoms. The Balaban J connectivity index is 1.98. The van der Waals surface area contributed by atoms with Gasteiger partial charge in [-0.05, 0) is 36.8 Å². The van der Waals surface area contributed by atoms with Crippen LogP contribution in [0.2, 0.25) is 0 Å². The summed E-state index contributed by atoms with van der Waals surface area (Å²) in [5, 5.41) is 9.22. The number of furan rings is 1. The Hall–Kier alpha value is -2.38. The van der Waals surface area contributed by atoms with E-state index in [-0.39, 0.29) is 11.5 Å². The minimum absolute atomic E-state index is 0.145. The summed E-state index contributed by atoms with van der Waals surface area (Å²) < 4.78 is 5.56. The zero-order valence-electron chi connectivity index (χ0n) is 12.0. The van der Waals surface area contributed by atoms with Crippen LogP contribution in [0.15, 0.2) is 45.9 Å². The molecule has 0 spiro atoms. The summed E-state index contributed by atoms with van der Waals surface area (Å²) in [5.41, 5.74) is 1.21. The number of benzene rings is 1. The summed E-state index contributed by atoms with van der Waals surface area (Å²) >= 11 is 6.42. The normalized spacial score (nSPS) is 16.4. The molecule has 23 heavy (non-hydrogen) atoms. The standard InChI is InChI=1S/C16H11NO4S2/c1-9-4-5-10(7-12(9)15(19)20)17-14(18)13(23-16(17)22)8-11-3-2-6-21-11/h2-8H,1H3,(H,19,20)/b13-8+. The fraction of sp³-hybridized carbons (Fsp3) is 0.0625. The second-order valence-electron chi connectivity index (χ2n) is 4.84. The molecule has 0 radical (unpaired) electrons. The van der Waals surface area contributed by atoms with Gasteiger partial charge in [0.25, 0.3) is 5.91 Å². The zero-order chi connectivity index (χ0) is 16.6. The fourth-order valence-corrected chi connectivity index (χ4v) is 3.45. The van der Waals surface area contributed by atoms with E-state index in [0.717, 1.165) is 11.8 Å². The molecule has 1 amide bonds. The number of carboxylic acids is 1. The molecule has 2 heterocycles. The quantitative estimate of drug-likeness (QED) is 0.676. The lowest BCUT2D eigenvalue weighted by Crippen LogP contribution is -2.27. The second kappa shape index (κ2) is 6.02. The van der Waals surface area contributed by atoms with Crippen LogP contribution in [0.5, 0.6) is 0 Å². The maximum absolute atomic E-state index is 12.6. The number of aryl methyl sites for hydroxylation is 1. The van der Waals surface area contributed by atoms with E-state index >= 15 is 0 Å². The van der Waals surface area contributed by atoms with Crippen molar-refractivity contribution >= 4 is 51.9 Å². The molecule has 1 aromatic carbocycles. The van der Waals surface area contributed by atoms with Crippen LogP contribution in [0, 0.1) is 6.92 Å². The molecule has 1 aromatic heterocycles. The Morgan fingerprint density at radius 3 is 2.83 bits per heavy atom. The van der Waals surface area contributed by atoms with E-state index in [0.29, 0.717) is 26.2 Å². The van der Waals surface area contributed by atoms with Gasteiger partial charge >= 0.3 is 5.97 Å². The van der Waals surface area contributed by atoms with E-state index in [9.17, 15) is 14.7 Å². The molecule has 2 aromatic rings. The number of hydrogen-bond donors (Lipinski definition) is 1. The van der Waals surface area contributed by atoms with Gasteiger partial charge < -0.3 is 9.52 Å². The lowest BCUT2D eigenvalue weighted by Gasteiger charge is -2.15. The summed E-state index contributed by atoms with van der Waals surface area (Å²) in [6.07, 6.45) is 3.14. The van der Waals surface area contributed by atoms with Crippen LogP contribution < -0.4 is 4.90 Å². The SMILES string of the molecule is Cc1ccc(N2C(=O)/C(=C\c3ccco3)SC2=S)cc1C(=O)O. The number of aromatic carboxylic acids is 1. The van der Waals surface area contributed by atoms with Crippen molar-refractivity contribution < 1.29 is 19.1 Å². The highest BCUT2D eigenvalue weighted by molar-refractivity contribution is 8.27. The highest BCUT2D eigenvalue weighted by atomic mass is 32.2. The third kappa shape index (κ3) is 2.93. The number of rotatable bonds is 3. The van der Waals surface area contributed by atoms with Crippen molar-refractivity contribution in [2.75, 3.05) is 4.90 Å². The second-order valence-corrected chi connectivity index (χ2v) is 6.51. The number of amides is 1. The minimum Gasteiger partial charge on any atom is -0.478 e. The predicted octanol–water partition coefficient (Wildman–Crippen LogP) is 3.69. The van der Waals surface area contributed by atoms with Crippen LogP contribution in [-0.2, 0) is 4.79 Å². The van der Waals surface area contributed by atoms with Crippen molar-refractivity contribution in [3.63, 3.8) is 0 Å². The molecule has 3 rings (SSSR count). The topological polar surface area (TPSA) is 70.8 Å². The summed E-state index contributed by atoms with van der Waals surface area (Å²) in [7, 11) is 0. The van der Waals surface area contributed by atoms with Crippen LogP contribution in [0.3, 0.4) is 0 Å². The van der Waals surface area contributed by atoms with E-state index in [4.69, 9.17) is 16.6 Å². The van der Waals surface area contributed by atoms with Gasteiger partial charge in [0.2, 0.25) is 0 Å². The Kier molecular flexibility index (Phi) is 4.06. The molecular formula is C16H11NO4S2. The molecule has 1 saturated heterocycles. The zero-order valence-corrected chi connectivity index (χ0v) is 13.6. The molecule has 0 unspecified atom stereocenters. The molecule has 0 atom stereocenters. The predicted molar refractivity (Wildman–Crippen MR) is 92.5 cm³/mol. The molecule has 0 bridgehead atoms. The van der Waals surface area contributed by atoms with Crippen LogP contribution in [-0.4, -0.2) is 21.3 Å². The van der Waals surface area contributed by atoms with Crippen LogP contribution in [0.4, 0.5) is 5.69 Å². The summed E-state index contributed by atoms with van der Waals surface area (Å²) in [6.45, 7) is 1.70. The van der Waals surface area contributed by atoms with Crippen molar-refractivity contribution in [2.45, 2.75) is 6.92 Å². The van der Waals surface area contributed by atoms with Crippen molar-refractivity contribution in [3.8, 4) is 0 Å². The van der Waals surface area contributed by atoms with Gasteiger partial charge in [-0.25, -0.2) is 4.79 Å². The third-order valence-corrected chi connectivity index (χ3v) is 4.62. The first kappa shape index (κ1) is 15.5. The molecule has 1 N–H and O–H groups in total. The van der Waals surface area contributed by atoms with Crippen LogP contribution in [0.1, 0.15) is 21.7 Å². The minimum atomic E-state index is -1.04. The first-order valence-corrected chi connectivity index (χ1v) is 7.85. The highest BCUT2D eigenvalue weighted by Gasteiger charge is 2.34. The lowest BCUT2D eigenvalue weighted by atomic mass is 10.1. The number of hydrogen-bond acceptors (Lipinski definition) is 5. The van der Waals surface area contributed by atoms with Crippen LogP contribution >= 0.6 is 24.0 Å². The van der Waals surface area contributed by atoms with Gasteiger partial charge in [-0.3, -0.25) is 9.69 Å². The van der Waals surface area contributed by atoms with E-state index in [1.165, 1.54) is 17.2 Å². The smallest absolute Gasteiger partial charge is 0.336 e. The Morgan fingerprint density at radius 1 is 1.39 bits per heavy atom. The molecular weight excluding hydrogens is 334 g/mol. The number of carboxylic acid groups (broad SMARTS) is 1. The number of carbonyl (C=O) groups excluding carboxylic acids is 1. The number of nitrogens with zero attached hydrogens (tertiary/aromatic N) is 1. The molecule has 1 aliphatic rings. The van der Waals surface area contributed by atoms with E-state index in [2.05, 4.69) is 0 Å². The van der Waals surface area contributed by atoms with E-state index in [1.807, 2.05) is 0 Å². The number of carbonyl (C=O) groups is 2. The summed E-state index contributed by atoms with van der Waals surface area (Å²) in [6, 6.07) is 8.26. The van der Waals surface area contributed by atoms with Gasteiger partial charge in [0.15, 0.2) is 4.32 Å². The van der Waals surface area contributed by atoms with Crippen molar-refractivity contribution in [1.82, 2.24) is 0 Å². The van der Waals surface area contributed by atoms with Crippen molar-refractivity contribution in [3.05, 3.63) is 58.4 Å². The maximum atomic E-state index is 12.6. The molecule has 5 nitrogen and oxygen atoms in total. The molecule has 1 aliphatic heterocycles. The van der Waals surface area contributed by atoms with Gasteiger partial charge in [-0.15, -0.1) is 0 Å². The van der Waals surface area contributed by atoms with Crippen molar-refractivity contribution in [1.29, 1.82) is 0 Å². The van der Waals surface area contributed by atoms with E-state index in [1.54, 1.807) is 37.3 Å². The largest absolute Gasteiger partial charge is 0.478 e. The molecule has 0 aliphatic carbocycles. The number of thiocarbonyl (C=S) groups is 1. The monoisotopic (exact) mass is 345 g/mol. The first-order valence-electron chi connectivity index (χ1n) is 6.63. The van der Waals surface area contributed by atoms with E-state index < -0.39 is 5.97 Å². The average molecular weight is 345 g/mol. The third-order valence-electron chi connectivity index (χ3n) is 3.32. The highest BCUT2D eigenvalue weighted by Crippen LogP contribution is 2.36. The lowest BCUT2D eigenvalue weighted by molar-refractivity contribution is -0.113. The van der Waals surface area contributed by atoms with Gasteiger partial charge in [-0.1, -0.05) is 30.0 Å². The molecule has 1 fully saturated rings. The molecule has 116 valence electrons. The molecule has 0 saturated carbocycles. The Labute approximate surface area is 141 Å².